The maximum Gasteiger partial charge on any atom is 0.356 e. The Balaban J connectivity index is 1.42. The summed E-state index contributed by atoms with van der Waals surface area (Å²) in [5, 5.41) is 6.98. The van der Waals surface area contributed by atoms with Gasteiger partial charge in [0.1, 0.15) is 5.69 Å². The molecule has 8 heteroatoms. The maximum atomic E-state index is 12.3. The second-order valence-corrected chi connectivity index (χ2v) is 7.07. The molecule has 0 aliphatic carbocycles. The van der Waals surface area contributed by atoms with Gasteiger partial charge >= 0.3 is 5.97 Å². The molecule has 0 spiro atoms. The van der Waals surface area contributed by atoms with Gasteiger partial charge in [0, 0.05) is 22.3 Å². The average molecular weight is 416 g/mol. The molecular weight excluding hydrogens is 401 g/mol. The summed E-state index contributed by atoms with van der Waals surface area (Å²) in [6.07, 6.45) is 0.651. The minimum atomic E-state index is -0.711. The highest BCUT2D eigenvalue weighted by Gasteiger charge is 2.24. The van der Waals surface area contributed by atoms with Crippen molar-refractivity contribution in [1.29, 1.82) is 0 Å². The summed E-state index contributed by atoms with van der Waals surface area (Å²) in [6, 6.07) is 14.7. The van der Waals surface area contributed by atoms with Crippen LogP contribution in [0, 0.1) is 0 Å². The normalized spacial score (nSPS) is 13.6. The van der Waals surface area contributed by atoms with E-state index in [4.69, 9.17) is 27.9 Å². The van der Waals surface area contributed by atoms with Crippen LogP contribution in [-0.4, -0.2) is 40.7 Å². The van der Waals surface area contributed by atoms with E-state index in [1.54, 1.807) is 18.2 Å². The van der Waals surface area contributed by atoms with E-state index in [0.29, 0.717) is 28.9 Å². The van der Waals surface area contributed by atoms with Gasteiger partial charge in [-0.25, -0.2) is 9.80 Å². The lowest BCUT2D eigenvalue weighted by Gasteiger charge is -2.11. The number of hydrazone groups is 1. The van der Waals surface area contributed by atoms with Gasteiger partial charge in [-0.3, -0.25) is 4.79 Å². The summed E-state index contributed by atoms with van der Waals surface area (Å²) in [6.45, 7) is 0.0309. The fraction of sp³-hybridized carbons (Fsp3) is 0.150. The standard InChI is InChI=1S/C20H15Cl2N3O3/c21-13-6-7-16-14(10-13)18(22)19(23-16)20(27)28-11-17(26)25-9-8-15(24-25)12-4-2-1-3-5-12/h1-7,10,23H,8-9,11H2. The Bertz CT molecular complexity index is 1090. The fourth-order valence-corrected chi connectivity index (χ4v) is 3.47. The van der Waals surface area contributed by atoms with Gasteiger partial charge in [-0.05, 0) is 23.8 Å². The number of H-pyrrole nitrogens is 1. The molecule has 1 amide bonds. The number of nitrogens with zero attached hydrogens (tertiary/aromatic N) is 2. The number of carbonyl (C=O) groups is 2. The Morgan fingerprint density at radius 1 is 1.14 bits per heavy atom. The van der Waals surface area contributed by atoms with Crippen LogP contribution in [-0.2, 0) is 9.53 Å². The number of ether oxygens (including phenoxy) is 1. The van der Waals surface area contributed by atoms with Crippen molar-refractivity contribution in [2.75, 3.05) is 13.2 Å². The zero-order valence-corrected chi connectivity index (χ0v) is 16.1. The lowest BCUT2D eigenvalue weighted by molar-refractivity contribution is -0.134. The smallest absolute Gasteiger partial charge is 0.356 e. The number of hydrogen-bond acceptors (Lipinski definition) is 4. The first-order chi connectivity index (χ1) is 13.5. The minimum absolute atomic E-state index is 0.0848. The van der Waals surface area contributed by atoms with Gasteiger partial charge in [0.05, 0.1) is 17.3 Å². The molecule has 1 aliphatic heterocycles. The van der Waals surface area contributed by atoms with Crippen molar-refractivity contribution < 1.29 is 14.3 Å². The molecule has 4 rings (SSSR count). The minimum Gasteiger partial charge on any atom is -0.451 e. The highest BCUT2D eigenvalue weighted by atomic mass is 35.5. The molecule has 0 radical (unpaired) electrons. The largest absolute Gasteiger partial charge is 0.451 e. The summed E-state index contributed by atoms with van der Waals surface area (Å²) in [7, 11) is 0. The van der Waals surface area contributed by atoms with E-state index < -0.39 is 18.5 Å². The number of benzene rings is 2. The summed E-state index contributed by atoms with van der Waals surface area (Å²) in [5.41, 5.74) is 2.54. The summed E-state index contributed by atoms with van der Waals surface area (Å²) >= 11 is 12.2. The molecule has 0 saturated carbocycles. The molecule has 6 nitrogen and oxygen atoms in total. The zero-order chi connectivity index (χ0) is 19.7. The summed E-state index contributed by atoms with van der Waals surface area (Å²) in [5.74, 6) is -1.10. The predicted octanol–water partition coefficient (Wildman–Crippen LogP) is 4.27. The molecule has 142 valence electrons. The monoisotopic (exact) mass is 415 g/mol. The molecule has 1 aliphatic rings. The number of hydrogen-bond donors (Lipinski definition) is 1. The van der Waals surface area contributed by atoms with Gasteiger partial charge in [-0.15, -0.1) is 0 Å². The second kappa shape index (κ2) is 7.66. The van der Waals surface area contributed by atoms with E-state index in [9.17, 15) is 9.59 Å². The maximum absolute atomic E-state index is 12.3. The van der Waals surface area contributed by atoms with Crippen LogP contribution < -0.4 is 0 Å². The molecule has 2 aromatic carbocycles. The molecule has 0 saturated heterocycles. The van der Waals surface area contributed by atoms with Gasteiger partial charge in [-0.2, -0.15) is 5.10 Å². The number of nitrogens with one attached hydrogen (secondary N) is 1. The number of rotatable bonds is 4. The number of aromatic nitrogens is 1. The molecule has 0 fully saturated rings. The first-order valence-electron chi connectivity index (χ1n) is 8.60. The molecule has 28 heavy (non-hydrogen) atoms. The van der Waals surface area contributed by atoms with Gasteiger partial charge in [0.15, 0.2) is 6.61 Å². The molecule has 0 unspecified atom stereocenters. The molecule has 0 atom stereocenters. The number of amides is 1. The third-order valence-electron chi connectivity index (χ3n) is 4.42. The topological polar surface area (TPSA) is 74.8 Å². The Kier molecular flexibility index (Phi) is 5.07. The van der Waals surface area contributed by atoms with Crippen molar-refractivity contribution in [3.05, 3.63) is 69.8 Å². The van der Waals surface area contributed by atoms with E-state index in [1.165, 1.54) is 5.01 Å². The summed E-state index contributed by atoms with van der Waals surface area (Å²) in [4.78, 5) is 27.6. The third-order valence-corrected chi connectivity index (χ3v) is 5.05. The van der Waals surface area contributed by atoms with Crippen molar-refractivity contribution >= 4 is 51.7 Å². The van der Waals surface area contributed by atoms with E-state index in [-0.39, 0.29) is 10.7 Å². The number of esters is 1. The van der Waals surface area contributed by atoms with E-state index >= 15 is 0 Å². The van der Waals surface area contributed by atoms with Crippen LogP contribution >= 0.6 is 23.2 Å². The van der Waals surface area contributed by atoms with Crippen LogP contribution in [0.1, 0.15) is 22.5 Å². The highest BCUT2D eigenvalue weighted by molar-refractivity contribution is 6.39. The van der Waals surface area contributed by atoms with Crippen molar-refractivity contribution in [2.45, 2.75) is 6.42 Å². The third kappa shape index (κ3) is 3.61. The van der Waals surface area contributed by atoms with Crippen LogP contribution in [0.5, 0.6) is 0 Å². The first kappa shape index (κ1) is 18.5. The van der Waals surface area contributed by atoms with Crippen LogP contribution in [0.25, 0.3) is 10.9 Å². The van der Waals surface area contributed by atoms with Crippen molar-refractivity contribution in [3.8, 4) is 0 Å². The Labute approximate surface area is 170 Å². The fourth-order valence-electron chi connectivity index (χ4n) is 3.02. The Morgan fingerprint density at radius 2 is 1.93 bits per heavy atom. The van der Waals surface area contributed by atoms with Gasteiger partial charge in [-0.1, -0.05) is 53.5 Å². The van der Waals surface area contributed by atoms with Gasteiger partial charge in [0.25, 0.3) is 5.91 Å². The van der Waals surface area contributed by atoms with Crippen LogP contribution in [0.15, 0.2) is 53.6 Å². The summed E-state index contributed by atoms with van der Waals surface area (Å²) < 4.78 is 5.14. The van der Waals surface area contributed by atoms with E-state index in [1.807, 2.05) is 30.3 Å². The van der Waals surface area contributed by atoms with Gasteiger partial charge in [0.2, 0.25) is 0 Å². The predicted molar refractivity (Wildman–Crippen MR) is 108 cm³/mol. The quantitative estimate of drug-likeness (QED) is 0.646. The van der Waals surface area contributed by atoms with Crippen LogP contribution in [0.4, 0.5) is 0 Å². The van der Waals surface area contributed by atoms with E-state index in [2.05, 4.69) is 10.1 Å². The SMILES string of the molecule is O=C(OCC(=O)N1CCC(c2ccccc2)=N1)c1[nH]c2ccc(Cl)cc2c1Cl. The van der Waals surface area contributed by atoms with Crippen molar-refractivity contribution in [1.82, 2.24) is 9.99 Å². The van der Waals surface area contributed by atoms with E-state index in [0.717, 1.165) is 11.3 Å². The second-order valence-electron chi connectivity index (χ2n) is 6.26. The van der Waals surface area contributed by atoms with Crippen LogP contribution in [0.3, 0.4) is 0 Å². The van der Waals surface area contributed by atoms with Crippen molar-refractivity contribution in [2.24, 2.45) is 5.10 Å². The van der Waals surface area contributed by atoms with Gasteiger partial charge < -0.3 is 9.72 Å². The first-order valence-corrected chi connectivity index (χ1v) is 9.35. The molecule has 0 bridgehead atoms. The Morgan fingerprint density at radius 3 is 2.71 bits per heavy atom. The lowest BCUT2D eigenvalue weighted by atomic mass is 10.1. The lowest BCUT2D eigenvalue weighted by Crippen LogP contribution is -2.28. The molecule has 1 N–H and O–H groups in total. The molecular formula is C20H15Cl2N3O3. The number of fused-ring (bicyclic) bond motifs is 1. The molecule has 1 aromatic heterocycles. The highest BCUT2D eigenvalue weighted by Crippen LogP contribution is 2.30. The Hall–Kier alpha value is -2.83. The van der Waals surface area contributed by atoms with Crippen LogP contribution in [0.2, 0.25) is 10.0 Å². The molecule has 3 aromatic rings. The average Bonchev–Trinajstić information content (AvgIpc) is 3.32. The molecule has 2 heterocycles. The van der Waals surface area contributed by atoms with Crippen molar-refractivity contribution in [3.63, 3.8) is 0 Å². The number of carbonyl (C=O) groups excluding carboxylic acids is 2. The number of halogens is 2. The number of aromatic amines is 1. The zero-order valence-electron chi connectivity index (χ0n) is 14.6.